The van der Waals surface area contributed by atoms with Crippen LogP contribution in [0.25, 0.3) is 0 Å². The summed E-state index contributed by atoms with van der Waals surface area (Å²) in [7, 11) is -4.16. The molecule has 0 aromatic heterocycles. The highest BCUT2D eigenvalue weighted by atomic mass is 32.2. The summed E-state index contributed by atoms with van der Waals surface area (Å²) in [5, 5.41) is 10.8. The second kappa shape index (κ2) is 7.88. The molecule has 2 heterocycles. The Hall–Kier alpha value is -1.46. The van der Waals surface area contributed by atoms with Crippen LogP contribution in [0.2, 0.25) is 0 Å². The third-order valence-electron chi connectivity index (χ3n) is 4.76. The van der Waals surface area contributed by atoms with E-state index >= 15 is 0 Å². The lowest BCUT2D eigenvalue weighted by Crippen LogP contribution is -2.45. The Labute approximate surface area is 155 Å². The van der Waals surface area contributed by atoms with E-state index in [4.69, 9.17) is 4.74 Å². The summed E-state index contributed by atoms with van der Waals surface area (Å²) < 4.78 is 64.5. The summed E-state index contributed by atoms with van der Waals surface area (Å²) in [6.45, 7) is 3.33. The monoisotopic (exact) mass is 412 g/mol. The molecule has 0 radical (unpaired) electrons. The number of carbonyl (C=O) groups is 1. The van der Waals surface area contributed by atoms with Crippen molar-refractivity contribution in [1.29, 1.82) is 0 Å². The molecule has 1 fully saturated rings. The number of halogens is 3. The average molecular weight is 412 g/mol. The molecule has 0 aromatic rings. The first-order valence-electron chi connectivity index (χ1n) is 8.56. The van der Waals surface area contributed by atoms with Crippen molar-refractivity contribution in [3.63, 3.8) is 0 Å². The van der Waals surface area contributed by atoms with E-state index in [0.717, 1.165) is 18.9 Å². The zero-order valence-electron chi connectivity index (χ0n) is 15.1. The van der Waals surface area contributed by atoms with Crippen LogP contribution in [0.1, 0.15) is 39.5 Å². The zero-order chi connectivity index (χ0) is 20.5. The Balaban J connectivity index is 2.05. The van der Waals surface area contributed by atoms with E-state index in [1.54, 1.807) is 0 Å². The van der Waals surface area contributed by atoms with Gasteiger partial charge in [0.1, 0.15) is 4.75 Å². The van der Waals surface area contributed by atoms with Crippen LogP contribution >= 0.6 is 0 Å². The number of hydrogen-bond acceptors (Lipinski definition) is 5. The number of amides is 1. The van der Waals surface area contributed by atoms with Gasteiger partial charge in [0, 0.05) is 31.6 Å². The Morgan fingerprint density at radius 2 is 1.93 bits per heavy atom. The molecule has 27 heavy (non-hydrogen) atoms. The van der Waals surface area contributed by atoms with Gasteiger partial charge in [0.15, 0.2) is 15.7 Å². The summed E-state index contributed by atoms with van der Waals surface area (Å²) in [6.07, 6.45) is -3.41. The molecule has 2 rings (SSSR count). The lowest BCUT2D eigenvalue weighted by atomic mass is 9.92. The molecule has 0 spiro atoms. The van der Waals surface area contributed by atoms with Gasteiger partial charge >= 0.3 is 6.18 Å². The minimum atomic E-state index is -4.46. The number of nitrogens with zero attached hydrogens (tertiary/aromatic N) is 2. The summed E-state index contributed by atoms with van der Waals surface area (Å²) >= 11 is 0. The molecular formula is C16H23F3N2O5S. The molecule has 0 aliphatic carbocycles. The van der Waals surface area contributed by atoms with Crippen LogP contribution in [0.15, 0.2) is 16.8 Å². The van der Waals surface area contributed by atoms with Crippen molar-refractivity contribution < 1.29 is 36.3 Å². The van der Waals surface area contributed by atoms with E-state index in [9.17, 15) is 31.6 Å². The molecule has 7 nitrogen and oxygen atoms in total. The first-order chi connectivity index (χ1) is 12.3. The first-order valence-corrected chi connectivity index (χ1v) is 10.2. The maximum absolute atomic E-state index is 12.3. The smallest absolute Gasteiger partial charge is 0.381 e. The highest BCUT2D eigenvalue weighted by Crippen LogP contribution is 2.31. The van der Waals surface area contributed by atoms with Gasteiger partial charge in [-0.25, -0.2) is 13.5 Å². The van der Waals surface area contributed by atoms with Gasteiger partial charge in [-0.15, -0.1) is 0 Å². The van der Waals surface area contributed by atoms with Gasteiger partial charge in [0.05, 0.1) is 11.4 Å². The minimum absolute atomic E-state index is 0.0666. The number of aliphatic imine (C=N–C) groups is 1. The van der Waals surface area contributed by atoms with Gasteiger partial charge < -0.3 is 4.74 Å². The Bertz CT molecular complexity index is 738. The summed E-state index contributed by atoms with van der Waals surface area (Å²) in [4.78, 5) is 16.0. The van der Waals surface area contributed by atoms with Crippen molar-refractivity contribution in [3.05, 3.63) is 11.8 Å². The number of alkyl halides is 3. The zero-order valence-corrected chi connectivity index (χ0v) is 15.9. The number of sulfone groups is 1. The SMILES string of the molecule is CC(C)(C(=O)N=C1C=C(C2CCOCC2)N1O)S(=O)(=O)CCCC(F)(F)F. The number of hydrogen-bond donors (Lipinski definition) is 1. The van der Waals surface area contributed by atoms with Crippen LogP contribution in [-0.2, 0) is 19.4 Å². The molecule has 154 valence electrons. The third-order valence-corrected chi connectivity index (χ3v) is 7.32. The number of hydroxylamine groups is 2. The van der Waals surface area contributed by atoms with Crippen molar-refractivity contribution in [3.8, 4) is 0 Å². The number of allylic oxidation sites excluding steroid dienone is 1. The number of rotatable bonds is 6. The highest BCUT2D eigenvalue weighted by molar-refractivity contribution is 7.93. The van der Waals surface area contributed by atoms with Crippen molar-refractivity contribution in [2.75, 3.05) is 19.0 Å². The van der Waals surface area contributed by atoms with Crippen LogP contribution in [0.4, 0.5) is 13.2 Å². The van der Waals surface area contributed by atoms with E-state index < -0.39 is 45.3 Å². The number of ether oxygens (including phenoxy) is 1. The van der Waals surface area contributed by atoms with Crippen LogP contribution < -0.4 is 0 Å². The van der Waals surface area contributed by atoms with Crippen molar-refractivity contribution in [1.82, 2.24) is 5.06 Å². The molecule has 1 saturated heterocycles. The van der Waals surface area contributed by atoms with E-state index in [2.05, 4.69) is 4.99 Å². The maximum Gasteiger partial charge on any atom is 0.389 e. The molecule has 0 unspecified atom stereocenters. The average Bonchev–Trinajstić information content (AvgIpc) is 2.56. The van der Waals surface area contributed by atoms with Gasteiger partial charge in [-0.2, -0.15) is 18.2 Å². The lowest BCUT2D eigenvalue weighted by molar-refractivity contribution is -0.134. The summed E-state index contributed by atoms with van der Waals surface area (Å²) in [5.74, 6) is -1.83. The fraction of sp³-hybridized carbons (Fsp3) is 0.750. The standard InChI is InChI=1S/C16H23F3N2O5S/c1-15(2,27(24,25)9-3-6-16(17,18)19)14(22)20-13-10-12(21(13)23)11-4-7-26-8-5-11/h10-11,23H,3-9H2,1-2H3. The second-order valence-corrected chi connectivity index (χ2v) is 9.75. The van der Waals surface area contributed by atoms with Crippen molar-refractivity contribution in [2.45, 2.75) is 50.5 Å². The molecular weight excluding hydrogens is 389 g/mol. The predicted octanol–water partition coefficient (Wildman–Crippen LogP) is 2.46. The molecule has 1 N–H and O–H groups in total. The molecule has 0 bridgehead atoms. The normalized spacial score (nSPS) is 21.2. The Kier molecular flexibility index (Phi) is 6.37. The fourth-order valence-electron chi connectivity index (χ4n) is 2.77. The molecule has 11 heteroatoms. The molecule has 0 atom stereocenters. The van der Waals surface area contributed by atoms with Crippen LogP contribution in [0.3, 0.4) is 0 Å². The van der Waals surface area contributed by atoms with Crippen molar-refractivity contribution in [2.24, 2.45) is 10.9 Å². The van der Waals surface area contributed by atoms with Gasteiger partial charge in [0.25, 0.3) is 5.91 Å². The molecule has 0 saturated carbocycles. The Morgan fingerprint density at radius 1 is 1.33 bits per heavy atom. The molecule has 2 aliphatic heterocycles. The first kappa shape index (κ1) is 21.8. The largest absolute Gasteiger partial charge is 0.389 e. The van der Waals surface area contributed by atoms with Crippen LogP contribution in [0.5, 0.6) is 0 Å². The maximum atomic E-state index is 12.3. The lowest BCUT2D eigenvalue weighted by Gasteiger charge is -2.35. The van der Waals surface area contributed by atoms with E-state index in [-0.39, 0.29) is 11.8 Å². The van der Waals surface area contributed by atoms with E-state index in [1.165, 1.54) is 6.08 Å². The van der Waals surface area contributed by atoms with E-state index in [1.807, 2.05) is 0 Å². The second-order valence-electron chi connectivity index (χ2n) is 7.09. The number of carbonyl (C=O) groups excluding carboxylic acids is 1. The molecule has 2 aliphatic rings. The summed E-state index contributed by atoms with van der Waals surface area (Å²) in [5.41, 5.74) is 0.579. The van der Waals surface area contributed by atoms with Gasteiger partial charge in [-0.3, -0.25) is 10.0 Å². The minimum Gasteiger partial charge on any atom is -0.381 e. The highest BCUT2D eigenvalue weighted by Gasteiger charge is 2.43. The van der Waals surface area contributed by atoms with Crippen LogP contribution in [-0.4, -0.2) is 60.3 Å². The van der Waals surface area contributed by atoms with Crippen molar-refractivity contribution >= 4 is 21.6 Å². The molecule has 0 aromatic carbocycles. The fourth-order valence-corrected chi connectivity index (χ4v) is 4.12. The van der Waals surface area contributed by atoms with Crippen LogP contribution in [0, 0.1) is 5.92 Å². The quantitative estimate of drug-likeness (QED) is 0.720. The van der Waals surface area contributed by atoms with Gasteiger partial charge in [-0.05, 0) is 33.1 Å². The number of amidine groups is 1. The topological polar surface area (TPSA) is 96.3 Å². The Morgan fingerprint density at radius 3 is 2.44 bits per heavy atom. The predicted molar refractivity (Wildman–Crippen MR) is 90.8 cm³/mol. The summed E-state index contributed by atoms with van der Waals surface area (Å²) in [6, 6.07) is 0. The molecule has 1 amide bonds. The van der Waals surface area contributed by atoms with Gasteiger partial charge in [-0.1, -0.05) is 0 Å². The van der Waals surface area contributed by atoms with Gasteiger partial charge in [0.2, 0.25) is 0 Å². The third kappa shape index (κ3) is 5.08. The van der Waals surface area contributed by atoms with E-state index in [0.29, 0.717) is 31.8 Å².